The first kappa shape index (κ1) is 32.0. The van der Waals surface area contributed by atoms with E-state index in [1.807, 2.05) is 0 Å². The fourth-order valence-corrected chi connectivity index (χ4v) is 7.56. The van der Waals surface area contributed by atoms with Crippen LogP contribution in [0.1, 0.15) is 0 Å². The molecule has 0 aliphatic heterocycles. The van der Waals surface area contributed by atoms with Gasteiger partial charge in [0.1, 0.15) is 0 Å². The molecular weight excluding hydrogens is 631 g/mol. The Labute approximate surface area is 243 Å². The van der Waals surface area contributed by atoms with Gasteiger partial charge in [-0.15, -0.1) is 69.6 Å². The van der Waals surface area contributed by atoms with Gasteiger partial charge in [0.25, 0.3) is 0 Å². The molecular formula is C24H22Cl6FO3PS. The molecule has 12 heteroatoms. The highest BCUT2D eigenvalue weighted by Gasteiger charge is 2.46. The first-order valence-corrected chi connectivity index (χ1v) is 15.7. The summed E-state index contributed by atoms with van der Waals surface area (Å²) in [5, 5.41) is -2.62. The number of alkyl halides is 6. The molecule has 1 N–H and O–H groups in total. The molecule has 1 atom stereocenters. The molecule has 1 fully saturated rings. The quantitative estimate of drug-likeness (QED) is 0.178. The highest BCUT2D eigenvalue weighted by atomic mass is 35.5. The van der Waals surface area contributed by atoms with E-state index in [1.165, 1.54) is 14.7 Å². The van der Waals surface area contributed by atoms with Crippen LogP contribution in [-0.4, -0.2) is 37.2 Å². The number of benzene rings is 3. The average molecular weight is 653 g/mol. The van der Waals surface area contributed by atoms with Gasteiger partial charge in [-0.2, -0.15) is 4.20 Å². The van der Waals surface area contributed by atoms with Gasteiger partial charge in [-0.05, 0) is 36.4 Å². The lowest BCUT2D eigenvalue weighted by Gasteiger charge is -2.37. The molecule has 0 bridgehead atoms. The molecule has 0 heterocycles. The predicted octanol–water partition coefficient (Wildman–Crippen LogP) is 7.84. The van der Waals surface area contributed by atoms with Crippen molar-refractivity contribution in [1.29, 1.82) is 0 Å². The Morgan fingerprint density at radius 1 is 0.583 bits per heavy atom. The molecule has 196 valence electrons. The summed E-state index contributed by atoms with van der Waals surface area (Å²) in [5.74, 6) is 0. The minimum atomic E-state index is -5.39. The molecule has 0 aromatic heterocycles. The molecule has 1 aliphatic carbocycles. The summed E-state index contributed by atoms with van der Waals surface area (Å²) in [6.45, 7) is 0. The first-order chi connectivity index (χ1) is 16.9. The van der Waals surface area contributed by atoms with Gasteiger partial charge < -0.3 is 9.79 Å². The fourth-order valence-electron chi connectivity index (χ4n) is 3.13. The standard InChI is InChI=1S/C18H15S.C6H6Cl6.FH2O3P/c1-4-10-16(11-5-1)19(17-12-6-2-7-13-17)18-14-8-3-9-15-18;7-1-2(8)4(10)6(12)5(11)3(1)9;1-5(2,3)4/h1-15H;1-6H;(H2,2,3,4)/q+1;;/p-1/t;1-,2-,3-,4+,5+,6+;. The topological polar surface area (TPSA) is 60.4 Å². The highest BCUT2D eigenvalue weighted by Crippen LogP contribution is 2.39. The monoisotopic (exact) mass is 650 g/mol. The summed E-state index contributed by atoms with van der Waals surface area (Å²) in [6, 6.07) is 32.2. The van der Waals surface area contributed by atoms with Crippen LogP contribution in [0.15, 0.2) is 106 Å². The maximum Gasteiger partial charge on any atom is 0.305 e. The molecule has 4 rings (SSSR count). The van der Waals surface area contributed by atoms with Crippen LogP contribution in [0.5, 0.6) is 0 Å². The summed E-state index contributed by atoms with van der Waals surface area (Å²) >= 11 is 35.3. The van der Waals surface area contributed by atoms with Gasteiger partial charge in [-0.3, -0.25) is 4.57 Å². The van der Waals surface area contributed by atoms with E-state index in [4.69, 9.17) is 84.0 Å². The molecule has 0 amide bonds. The van der Waals surface area contributed by atoms with E-state index in [-0.39, 0.29) is 10.9 Å². The van der Waals surface area contributed by atoms with E-state index in [1.54, 1.807) is 0 Å². The second-order valence-electron chi connectivity index (χ2n) is 7.36. The van der Waals surface area contributed by atoms with Gasteiger partial charge >= 0.3 is 7.91 Å². The first-order valence-electron chi connectivity index (χ1n) is 10.4. The Kier molecular flexibility index (Phi) is 13.7. The van der Waals surface area contributed by atoms with E-state index < -0.39 is 40.2 Å². The van der Waals surface area contributed by atoms with E-state index in [9.17, 15) is 4.20 Å². The highest BCUT2D eigenvalue weighted by molar-refractivity contribution is 7.97. The summed E-state index contributed by atoms with van der Waals surface area (Å²) < 4.78 is 18.8. The molecule has 3 aromatic rings. The number of rotatable bonds is 3. The summed E-state index contributed by atoms with van der Waals surface area (Å²) in [4.78, 5) is 19.5. The average Bonchev–Trinajstić information content (AvgIpc) is 2.87. The summed E-state index contributed by atoms with van der Waals surface area (Å²) in [6.07, 6.45) is 0. The van der Waals surface area contributed by atoms with Crippen LogP contribution in [0.3, 0.4) is 0 Å². The molecule has 0 saturated heterocycles. The van der Waals surface area contributed by atoms with E-state index in [0.29, 0.717) is 0 Å². The molecule has 1 aliphatic rings. The van der Waals surface area contributed by atoms with Crippen molar-refractivity contribution < 1.29 is 18.5 Å². The Morgan fingerprint density at radius 2 is 0.750 bits per heavy atom. The summed E-state index contributed by atoms with van der Waals surface area (Å²) in [7, 11) is -5.40. The largest absolute Gasteiger partial charge is 0.753 e. The lowest BCUT2D eigenvalue weighted by molar-refractivity contribution is -0.206. The fraction of sp³-hybridized carbons (Fsp3) is 0.250. The second-order valence-corrected chi connectivity index (χ2v) is 13.3. The van der Waals surface area contributed by atoms with Gasteiger partial charge in [0.2, 0.25) is 0 Å². The van der Waals surface area contributed by atoms with Crippen molar-refractivity contribution in [2.24, 2.45) is 0 Å². The van der Waals surface area contributed by atoms with Gasteiger partial charge in [-0.25, -0.2) is 0 Å². The van der Waals surface area contributed by atoms with E-state index in [0.717, 1.165) is 0 Å². The van der Waals surface area contributed by atoms with Crippen LogP contribution in [-0.2, 0) is 15.5 Å². The van der Waals surface area contributed by atoms with Gasteiger partial charge in [-0.1, -0.05) is 54.6 Å². The van der Waals surface area contributed by atoms with Crippen molar-refractivity contribution >= 4 is 88.4 Å². The summed E-state index contributed by atoms with van der Waals surface area (Å²) in [5.41, 5.74) is 0. The van der Waals surface area contributed by atoms with Crippen LogP contribution in [0.4, 0.5) is 4.20 Å². The maximum absolute atomic E-state index is 10.2. The lowest BCUT2D eigenvalue weighted by Crippen LogP contribution is -2.52. The minimum Gasteiger partial charge on any atom is -0.753 e. The molecule has 36 heavy (non-hydrogen) atoms. The van der Waals surface area contributed by atoms with Crippen LogP contribution < -0.4 is 4.89 Å². The lowest BCUT2D eigenvalue weighted by atomic mass is 9.97. The second kappa shape index (κ2) is 15.4. The van der Waals surface area contributed by atoms with Crippen LogP contribution >= 0.6 is 77.5 Å². The zero-order chi connectivity index (χ0) is 26.9. The minimum absolute atomic E-state index is 0.0146. The van der Waals surface area contributed by atoms with Crippen molar-refractivity contribution in [1.82, 2.24) is 0 Å². The van der Waals surface area contributed by atoms with Gasteiger partial charge in [0.05, 0.1) is 43.2 Å². The van der Waals surface area contributed by atoms with Crippen molar-refractivity contribution in [3.05, 3.63) is 91.0 Å². The third-order valence-corrected chi connectivity index (χ3v) is 11.0. The zero-order valence-electron chi connectivity index (χ0n) is 18.4. The third kappa shape index (κ3) is 10.2. The van der Waals surface area contributed by atoms with Gasteiger partial charge in [0, 0.05) is 0 Å². The predicted molar refractivity (Wildman–Crippen MR) is 150 cm³/mol. The number of hydrogen-bond acceptors (Lipinski definition) is 2. The normalized spacial score (nSPS) is 27.1. The van der Waals surface area contributed by atoms with Crippen LogP contribution in [0.25, 0.3) is 0 Å². The Balaban J connectivity index is 0.000000230. The van der Waals surface area contributed by atoms with Crippen LogP contribution in [0, 0.1) is 0 Å². The molecule has 3 nitrogen and oxygen atoms in total. The molecule has 0 radical (unpaired) electrons. The van der Waals surface area contributed by atoms with Crippen molar-refractivity contribution in [3.8, 4) is 0 Å². The Morgan fingerprint density at radius 3 is 0.917 bits per heavy atom. The van der Waals surface area contributed by atoms with Crippen molar-refractivity contribution in [3.63, 3.8) is 0 Å². The Hall–Kier alpha value is -0.170. The van der Waals surface area contributed by atoms with Gasteiger partial charge in [0.15, 0.2) is 14.7 Å². The SMILES string of the molecule is Cl[C@H]1[C@H](Cl)[C@@H](Cl)[C@@H](Cl)[C@H](Cl)[C@H]1Cl.O=P([O-])(O)F.c1ccc([S+](c2ccccc2)c2ccccc2)cc1. The zero-order valence-corrected chi connectivity index (χ0v) is 24.6. The molecule has 1 saturated carbocycles. The van der Waals surface area contributed by atoms with Crippen molar-refractivity contribution in [2.75, 3.05) is 0 Å². The molecule has 3 aromatic carbocycles. The maximum atomic E-state index is 10.2. The van der Waals surface area contributed by atoms with E-state index >= 15 is 0 Å². The third-order valence-electron chi connectivity index (χ3n) is 4.76. The number of hydrogen-bond donors (Lipinski definition) is 1. The molecule has 1 unspecified atom stereocenters. The van der Waals surface area contributed by atoms with Crippen LogP contribution in [0.2, 0.25) is 0 Å². The number of halogens is 7. The molecule has 0 spiro atoms. The van der Waals surface area contributed by atoms with Crippen molar-refractivity contribution in [2.45, 2.75) is 46.9 Å². The smallest absolute Gasteiger partial charge is 0.305 e. The van der Waals surface area contributed by atoms with E-state index in [2.05, 4.69) is 91.0 Å². The Bertz CT molecular complexity index is 922.